The number of benzene rings is 2. The van der Waals surface area contributed by atoms with Gasteiger partial charge in [-0.2, -0.15) is 0 Å². The summed E-state index contributed by atoms with van der Waals surface area (Å²) in [7, 11) is 0. The highest BCUT2D eigenvalue weighted by molar-refractivity contribution is 7.98. The van der Waals surface area contributed by atoms with Crippen molar-refractivity contribution in [3.05, 3.63) is 59.7 Å². The number of amides is 1. The van der Waals surface area contributed by atoms with Gasteiger partial charge in [-0.1, -0.05) is 41.6 Å². The Morgan fingerprint density at radius 3 is 2.63 bits per heavy atom. The van der Waals surface area contributed by atoms with Crippen molar-refractivity contribution in [2.75, 3.05) is 24.6 Å². The van der Waals surface area contributed by atoms with E-state index in [9.17, 15) is 4.79 Å². The summed E-state index contributed by atoms with van der Waals surface area (Å²) in [4.78, 5) is 13.2. The number of aryl methyl sites for hydroxylation is 1. The lowest BCUT2D eigenvalue weighted by molar-refractivity contribution is -0.119. The third-order valence-corrected chi connectivity index (χ3v) is 5.94. The van der Waals surface area contributed by atoms with Crippen molar-refractivity contribution in [1.82, 2.24) is 14.8 Å². The van der Waals surface area contributed by atoms with Gasteiger partial charge in [0.2, 0.25) is 5.95 Å². The number of rotatable bonds is 8. The predicted octanol–water partition coefficient (Wildman–Crippen LogP) is 3.33. The highest BCUT2D eigenvalue weighted by atomic mass is 32.2. The summed E-state index contributed by atoms with van der Waals surface area (Å²) >= 11 is 1.63. The molecule has 0 unspecified atom stereocenters. The molecule has 3 aromatic rings. The van der Waals surface area contributed by atoms with Crippen molar-refractivity contribution in [3.63, 3.8) is 0 Å². The standard InChI is InChI=1S/C22H25N5O2S/c1-16-7-9-18(10-8-16)27-21(26-11-2-3-12-26)24-25-22(27)30-15-17-5-4-6-19(13-17)29-14-20(23)28/h4-10,13H,2-3,11-12,14-15H2,1H3,(H2,23,28). The van der Waals surface area contributed by atoms with Crippen LogP contribution in [0, 0.1) is 6.92 Å². The molecule has 2 heterocycles. The van der Waals surface area contributed by atoms with Crippen LogP contribution in [0.5, 0.6) is 5.75 Å². The second-order valence-electron chi connectivity index (χ2n) is 7.34. The second-order valence-corrected chi connectivity index (χ2v) is 8.28. The molecule has 0 atom stereocenters. The second kappa shape index (κ2) is 9.21. The van der Waals surface area contributed by atoms with Crippen molar-refractivity contribution in [2.45, 2.75) is 30.7 Å². The van der Waals surface area contributed by atoms with Crippen LogP contribution in [-0.2, 0) is 10.5 Å². The van der Waals surface area contributed by atoms with Crippen molar-refractivity contribution in [1.29, 1.82) is 0 Å². The molecule has 1 saturated heterocycles. The summed E-state index contributed by atoms with van der Waals surface area (Å²) in [6.07, 6.45) is 2.36. The first-order valence-corrected chi connectivity index (χ1v) is 11.0. The first-order chi connectivity index (χ1) is 14.6. The van der Waals surface area contributed by atoms with Gasteiger partial charge in [-0.25, -0.2) is 0 Å². The van der Waals surface area contributed by atoms with E-state index in [-0.39, 0.29) is 6.61 Å². The summed E-state index contributed by atoms with van der Waals surface area (Å²) in [5, 5.41) is 9.87. The molecule has 0 saturated carbocycles. The summed E-state index contributed by atoms with van der Waals surface area (Å²) in [6.45, 7) is 3.97. The van der Waals surface area contributed by atoms with Gasteiger partial charge in [-0.3, -0.25) is 9.36 Å². The minimum atomic E-state index is -0.490. The number of primary amides is 1. The lowest BCUT2D eigenvalue weighted by Crippen LogP contribution is -2.22. The van der Waals surface area contributed by atoms with Gasteiger partial charge in [-0.15, -0.1) is 10.2 Å². The normalized spacial score (nSPS) is 13.6. The van der Waals surface area contributed by atoms with Crippen LogP contribution in [0.1, 0.15) is 24.0 Å². The zero-order chi connectivity index (χ0) is 20.9. The smallest absolute Gasteiger partial charge is 0.255 e. The molecular weight excluding hydrogens is 398 g/mol. The van der Waals surface area contributed by atoms with E-state index in [1.54, 1.807) is 11.8 Å². The van der Waals surface area contributed by atoms with Gasteiger partial charge in [0.15, 0.2) is 11.8 Å². The van der Waals surface area contributed by atoms with E-state index in [4.69, 9.17) is 10.5 Å². The zero-order valence-electron chi connectivity index (χ0n) is 17.0. The number of hydrogen-bond acceptors (Lipinski definition) is 6. The Bertz CT molecular complexity index is 1010. The third kappa shape index (κ3) is 4.76. The monoisotopic (exact) mass is 423 g/mol. The molecule has 4 rings (SSSR count). The fraction of sp³-hybridized carbons (Fsp3) is 0.318. The number of hydrogen-bond donors (Lipinski definition) is 1. The average Bonchev–Trinajstić information content (AvgIpc) is 3.41. The Balaban J connectivity index is 1.56. The fourth-order valence-corrected chi connectivity index (χ4v) is 4.31. The molecule has 1 aromatic heterocycles. The molecule has 1 amide bonds. The van der Waals surface area contributed by atoms with E-state index in [1.165, 1.54) is 18.4 Å². The molecule has 2 aromatic carbocycles. The van der Waals surface area contributed by atoms with Crippen molar-refractivity contribution in [2.24, 2.45) is 5.73 Å². The summed E-state index contributed by atoms with van der Waals surface area (Å²) in [5.74, 6) is 1.75. The van der Waals surface area contributed by atoms with Crippen LogP contribution in [0.25, 0.3) is 5.69 Å². The first kappa shape index (κ1) is 20.3. The van der Waals surface area contributed by atoms with Gasteiger partial charge in [0, 0.05) is 18.8 Å². The van der Waals surface area contributed by atoms with Crippen LogP contribution in [0.15, 0.2) is 53.7 Å². The van der Waals surface area contributed by atoms with E-state index < -0.39 is 5.91 Å². The van der Waals surface area contributed by atoms with Crippen molar-refractivity contribution < 1.29 is 9.53 Å². The SMILES string of the molecule is Cc1ccc(-n2c(SCc3cccc(OCC(N)=O)c3)nnc2N2CCCC2)cc1. The number of thioether (sulfide) groups is 1. The van der Waals surface area contributed by atoms with Gasteiger partial charge in [0.05, 0.1) is 5.69 Å². The summed E-state index contributed by atoms with van der Waals surface area (Å²) in [5.41, 5.74) is 8.51. The van der Waals surface area contributed by atoms with Crippen LogP contribution in [0.2, 0.25) is 0 Å². The maximum Gasteiger partial charge on any atom is 0.255 e. The van der Waals surface area contributed by atoms with Crippen LogP contribution in [0.4, 0.5) is 5.95 Å². The van der Waals surface area contributed by atoms with Gasteiger partial charge in [-0.05, 0) is 49.6 Å². The van der Waals surface area contributed by atoms with Crippen LogP contribution >= 0.6 is 11.8 Å². The highest BCUT2D eigenvalue weighted by Gasteiger charge is 2.22. The quantitative estimate of drug-likeness (QED) is 0.559. The average molecular weight is 424 g/mol. The Kier molecular flexibility index (Phi) is 6.23. The zero-order valence-corrected chi connectivity index (χ0v) is 17.8. The van der Waals surface area contributed by atoms with Gasteiger partial charge in [0.1, 0.15) is 5.75 Å². The molecule has 8 heteroatoms. The van der Waals surface area contributed by atoms with Crippen molar-refractivity contribution in [3.8, 4) is 11.4 Å². The first-order valence-electron chi connectivity index (χ1n) is 10.0. The summed E-state index contributed by atoms with van der Waals surface area (Å²) < 4.78 is 7.55. The maximum atomic E-state index is 10.9. The lowest BCUT2D eigenvalue weighted by Gasteiger charge is -2.18. The largest absolute Gasteiger partial charge is 0.484 e. The fourth-order valence-electron chi connectivity index (χ4n) is 3.42. The minimum Gasteiger partial charge on any atom is -0.484 e. The van der Waals surface area contributed by atoms with Crippen LogP contribution < -0.4 is 15.4 Å². The number of ether oxygens (including phenoxy) is 1. The van der Waals surface area contributed by atoms with Gasteiger partial charge < -0.3 is 15.4 Å². The Morgan fingerprint density at radius 2 is 1.90 bits per heavy atom. The Labute approximate surface area is 180 Å². The molecular formula is C22H25N5O2S. The molecule has 30 heavy (non-hydrogen) atoms. The molecule has 1 aliphatic rings. The molecule has 0 bridgehead atoms. The summed E-state index contributed by atoms with van der Waals surface area (Å²) in [6, 6.07) is 16.1. The van der Waals surface area contributed by atoms with E-state index in [1.807, 2.05) is 24.3 Å². The van der Waals surface area contributed by atoms with Gasteiger partial charge >= 0.3 is 0 Å². The van der Waals surface area contributed by atoms with Crippen molar-refractivity contribution >= 4 is 23.6 Å². The predicted molar refractivity (Wildman–Crippen MR) is 118 cm³/mol. The van der Waals surface area contributed by atoms with Crippen LogP contribution in [0.3, 0.4) is 0 Å². The molecule has 7 nitrogen and oxygen atoms in total. The molecule has 0 spiro atoms. The number of carbonyl (C=O) groups is 1. The molecule has 2 N–H and O–H groups in total. The number of nitrogens with zero attached hydrogens (tertiary/aromatic N) is 4. The molecule has 1 aliphatic heterocycles. The molecule has 0 radical (unpaired) electrons. The number of aromatic nitrogens is 3. The van der Waals surface area contributed by atoms with E-state index >= 15 is 0 Å². The molecule has 156 valence electrons. The number of nitrogens with two attached hydrogens (primary N) is 1. The maximum absolute atomic E-state index is 10.9. The van der Waals surface area contributed by atoms with E-state index in [2.05, 4.69) is 50.9 Å². The minimum absolute atomic E-state index is 0.127. The Morgan fingerprint density at radius 1 is 1.13 bits per heavy atom. The number of anilines is 1. The molecule has 1 fully saturated rings. The van der Waals surface area contributed by atoms with Crippen LogP contribution in [-0.4, -0.2) is 40.4 Å². The van der Waals surface area contributed by atoms with E-state index in [0.29, 0.717) is 11.5 Å². The third-order valence-electron chi connectivity index (χ3n) is 4.94. The van der Waals surface area contributed by atoms with Gasteiger partial charge in [0.25, 0.3) is 5.91 Å². The topological polar surface area (TPSA) is 86.3 Å². The highest BCUT2D eigenvalue weighted by Crippen LogP contribution is 2.31. The van der Waals surface area contributed by atoms with E-state index in [0.717, 1.165) is 35.4 Å². The molecule has 0 aliphatic carbocycles. The number of carbonyl (C=O) groups excluding carboxylic acids is 1. The lowest BCUT2D eigenvalue weighted by atomic mass is 10.2. The Hall–Kier alpha value is -3.00.